The lowest BCUT2D eigenvalue weighted by Crippen LogP contribution is -2.29. The van der Waals surface area contributed by atoms with E-state index in [1.807, 2.05) is 36.4 Å². The lowest BCUT2D eigenvalue weighted by atomic mass is 10.0. The van der Waals surface area contributed by atoms with E-state index in [1.54, 1.807) is 28.4 Å². The van der Waals surface area contributed by atoms with Crippen LogP contribution >= 0.6 is 0 Å². The maximum atomic E-state index is 5.74. The van der Waals surface area contributed by atoms with Gasteiger partial charge < -0.3 is 18.9 Å². The largest absolute Gasteiger partial charge is 0.497 e. The minimum Gasteiger partial charge on any atom is -0.497 e. The molecule has 2 aromatic carbocycles. The summed E-state index contributed by atoms with van der Waals surface area (Å²) in [6.45, 7) is 0. The molecule has 0 bridgehead atoms. The Morgan fingerprint density at radius 1 is 0.667 bits per heavy atom. The number of methoxy groups -OCH3 is 4. The molecule has 0 heterocycles. The van der Waals surface area contributed by atoms with Crippen LogP contribution in [0, 0.1) is 0 Å². The Hall–Kier alpha value is -2.04. The van der Waals surface area contributed by atoms with Gasteiger partial charge in [0.1, 0.15) is 11.5 Å². The maximum Gasteiger partial charge on any atom is 0.223 e. The third-order valence-electron chi connectivity index (χ3n) is 4.03. The summed E-state index contributed by atoms with van der Waals surface area (Å²) < 4.78 is 22.2. The summed E-state index contributed by atoms with van der Waals surface area (Å²) >= 11 is 0. The van der Waals surface area contributed by atoms with Crippen LogP contribution in [0.15, 0.2) is 36.4 Å². The molecule has 110 valence electrons. The molecule has 0 saturated heterocycles. The van der Waals surface area contributed by atoms with Gasteiger partial charge in [-0.25, -0.2) is 0 Å². The van der Waals surface area contributed by atoms with E-state index in [1.165, 1.54) is 0 Å². The summed E-state index contributed by atoms with van der Waals surface area (Å²) in [6.07, 6.45) is 0. The van der Waals surface area contributed by atoms with Crippen LogP contribution in [0.2, 0.25) is 0 Å². The van der Waals surface area contributed by atoms with Crippen LogP contribution < -0.4 is 9.47 Å². The number of hydrogen-bond donors (Lipinski definition) is 0. The summed E-state index contributed by atoms with van der Waals surface area (Å²) in [5, 5.41) is 0. The van der Waals surface area contributed by atoms with E-state index in [2.05, 4.69) is 0 Å². The van der Waals surface area contributed by atoms with E-state index in [9.17, 15) is 0 Å². The fraction of sp³-hybridized carbons (Fsp3) is 0.294. The average molecular weight is 286 g/mol. The third kappa shape index (κ3) is 1.83. The van der Waals surface area contributed by atoms with Crippen LogP contribution in [-0.4, -0.2) is 28.4 Å². The van der Waals surface area contributed by atoms with Gasteiger partial charge in [0.2, 0.25) is 5.79 Å². The fourth-order valence-corrected chi connectivity index (χ4v) is 2.99. The minimum absolute atomic E-state index is 0.797. The van der Waals surface area contributed by atoms with Crippen molar-refractivity contribution in [1.82, 2.24) is 0 Å². The van der Waals surface area contributed by atoms with E-state index in [0.717, 1.165) is 33.8 Å². The molecule has 0 aliphatic heterocycles. The van der Waals surface area contributed by atoms with E-state index < -0.39 is 5.79 Å². The van der Waals surface area contributed by atoms with Crippen molar-refractivity contribution >= 4 is 0 Å². The Kier molecular flexibility index (Phi) is 3.35. The second kappa shape index (κ2) is 5.06. The van der Waals surface area contributed by atoms with Gasteiger partial charge >= 0.3 is 0 Å². The first kappa shape index (κ1) is 13.9. The standard InChI is InChI=1S/C17H18O4/c1-18-11-5-7-15-13(9-11)14-10-12(19-2)6-8-16(14)17(15,20-3)21-4/h5-10H,1-4H3. The van der Waals surface area contributed by atoms with Crippen molar-refractivity contribution in [3.8, 4) is 22.6 Å². The van der Waals surface area contributed by atoms with Crippen molar-refractivity contribution in [3.63, 3.8) is 0 Å². The molecule has 0 atom stereocenters. The van der Waals surface area contributed by atoms with Crippen LogP contribution in [0.4, 0.5) is 0 Å². The van der Waals surface area contributed by atoms with Gasteiger partial charge in [-0.1, -0.05) is 0 Å². The topological polar surface area (TPSA) is 36.9 Å². The summed E-state index contributed by atoms with van der Waals surface area (Å²) in [5.41, 5.74) is 4.01. The molecule has 0 aromatic heterocycles. The van der Waals surface area contributed by atoms with Crippen molar-refractivity contribution in [1.29, 1.82) is 0 Å². The summed E-state index contributed by atoms with van der Waals surface area (Å²) in [7, 11) is 6.61. The third-order valence-corrected chi connectivity index (χ3v) is 4.03. The number of hydrogen-bond acceptors (Lipinski definition) is 4. The molecule has 0 saturated carbocycles. The number of ether oxygens (including phenoxy) is 4. The molecule has 1 aliphatic rings. The van der Waals surface area contributed by atoms with Crippen LogP contribution in [0.25, 0.3) is 11.1 Å². The van der Waals surface area contributed by atoms with E-state index in [-0.39, 0.29) is 0 Å². The highest BCUT2D eigenvalue weighted by atomic mass is 16.7. The predicted molar refractivity (Wildman–Crippen MR) is 79.8 cm³/mol. The average Bonchev–Trinajstić information content (AvgIpc) is 2.83. The normalized spacial score (nSPS) is 14.5. The number of rotatable bonds is 4. The molecule has 3 rings (SSSR count). The lowest BCUT2D eigenvalue weighted by molar-refractivity contribution is -0.180. The van der Waals surface area contributed by atoms with E-state index in [0.29, 0.717) is 0 Å². The quantitative estimate of drug-likeness (QED) is 0.809. The summed E-state index contributed by atoms with van der Waals surface area (Å²) in [5.74, 6) is 0.708. The Morgan fingerprint density at radius 3 is 1.43 bits per heavy atom. The molecule has 4 nitrogen and oxygen atoms in total. The monoisotopic (exact) mass is 286 g/mol. The Labute approximate surface area is 124 Å². The second-order valence-corrected chi connectivity index (χ2v) is 4.85. The molecule has 4 heteroatoms. The maximum absolute atomic E-state index is 5.74. The first-order chi connectivity index (χ1) is 10.2. The van der Waals surface area contributed by atoms with Crippen LogP contribution in [0.5, 0.6) is 11.5 Å². The molecule has 0 unspecified atom stereocenters. The smallest absolute Gasteiger partial charge is 0.223 e. The first-order valence-corrected chi connectivity index (χ1v) is 6.68. The SMILES string of the molecule is COc1ccc2c(c1)-c1cc(OC)ccc1C2(OC)OC. The Morgan fingerprint density at radius 2 is 1.10 bits per heavy atom. The molecule has 0 spiro atoms. The van der Waals surface area contributed by atoms with Crippen LogP contribution in [-0.2, 0) is 15.3 Å². The molecule has 0 fully saturated rings. The highest BCUT2D eigenvalue weighted by Gasteiger charge is 2.44. The van der Waals surface area contributed by atoms with Crippen LogP contribution in [0.1, 0.15) is 11.1 Å². The van der Waals surface area contributed by atoms with Gasteiger partial charge in [0, 0.05) is 25.3 Å². The van der Waals surface area contributed by atoms with Gasteiger partial charge in [-0.05, 0) is 47.5 Å². The summed E-state index contributed by atoms with van der Waals surface area (Å²) in [4.78, 5) is 0. The Balaban J connectivity index is 2.32. The zero-order chi connectivity index (χ0) is 15.0. The van der Waals surface area contributed by atoms with E-state index in [4.69, 9.17) is 18.9 Å². The van der Waals surface area contributed by atoms with Gasteiger partial charge in [-0.15, -0.1) is 0 Å². The zero-order valence-corrected chi connectivity index (χ0v) is 12.6. The molecule has 1 aliphatic carbocycles. The second-order valence-electron chi connectivity index (χ2n) is 4.85. The van der Waals surface area contributed by atoms with Crippen molar-refractivity contribution in [2.45, 2.75) is 5.79 Å². The molecule has 0 amide bonds. The van der Waals surface area contributed by atoms with Crippen molar-refractivity contribution < 1.29 is 18.9 Å². The fourth-order valence-electron chi connectivity index (χ4n) is 2.99. The number of fused-ring (bicyclic) bond motifs is 3. The summed E-state index contributed by atoms with van der Waals surface area (Å²) in [6, 6.07) is 11.8. The van der Waals surface area contributed by atoms with Crippen molar-refractivity contribution in [2.75, 3.05) is 28.4 Å². The highest BCUT2D eigenvalue weighted by molar-refractivity contribution is 5.81. The molecule has 21 heavy (non-hydrogen) atoms. The minimum atomic E-state index is -0.886. The molecule has 0 N–H and O–H groups in total. The molecule has 2 aromatic rings. The zero-order valence-electron chi connectivity index (χ0n) is 12.6. The van der Waals surface area contributed by atoms with Gasteiger partial charge in [-0.2, -0.15) is 0 Å². The first-order valence-electron chi connectivity index (χ1n) is 6.68. The highest BCUT2D eigenvalue weighted by Crippen LogP contribution is 2.51. The predicted octanol–water partition coefficient (Wildman–Crippen LogP) is 3.18. The molecule has 0 radical (unpaired) electrons. The molecular formula is C17H18O4. The Bertz CT molecular complexity index is 619. The van der Waals surface area contributed by atoms with Gasteiger partial charge in [-0.3, -0.25) is 0 Å². The molecular weight excluding hydrogens is 268 g/mol. The number of benzene rings is 2. The van der Waals surface area contributed by atoms with Crippen molar-refractivity contribution in [3.05, 3.63) is 47.5 Å². The lowest BCUT2D eigenvalue weighted by Gasteiger charge is -2.28. The van der Waals surface area contributed by atoms with Gasteiger partial charge in [0.25, 0.3) is 0 Å². The van der Waals surface area contributed by atoms with Gasteiger partial charge in [0.05, 0.1) is 14.2 Å². The van der Waals surface area contributed by atoms with Crippen molar-refractivity contribution in [2.24, 2.45) is 0 Å². The van der Waals surface area contributed by atoms with Gasteiger partial charge in [0.15, 0.2) is 0 Å². The van der Waals surface area contributed by atoms with Crippen LogP contribution in [0.3, 0.4) is 0 Å². The van der Waals surface area contributed by atoms with E-state index >= 15 is 0 Å².